The second kappa shape index (κ2) is 6.96. The molecule has 1 aromatic carbocycles. The first-order valence-corrected chi connectivity index (χ1v) is 8.04. The summed E-state index contributed by atoms with van der Waals surface area (Å²) in [6.45, 7) is 4.25. The minimum atomic E-state index is -0.557. The van der Waals surface area contributed by atoms with Crippen molar-refractivity contribution in [3.8, 4) is 5.75 Å². The van der Waals surface area contributed by atoms with Crippen LogP contribution in [0.3, 0.4) is 0 Å². The number of nitrogen functional groups attached to an aromatic ring is 1. The molecule has 1 amide bonds. The van der Waals surface area contributed by atoms with Gasteiger partial charge in [-0.1, -0.05) is 11.6 Å². The average molecular weight is 351 g/mol. The van der Waals surface area contributed by atoms with Crippen LogP contribution in [0.15, 0.2) is 24.3 Å². The summed E-state index contributed by atoms with van der Waals surface area (Å²) in [5, 5.41) is 7.23. The number of aromatic nitrogens is 3. The SMILES string of the molecule is C[C@@H](Oc1ccc(Cl)cc1)C(=O)N1CCN(c2nc(N)n[nH]2)CC1. The van der Waals surface area contributed by atoms with E-state index in [1.165, 1.54) is 0 Å². The molecule has 1 fully saturated rings. The molecule has 1 aromatic heterocycles. The van der Waals surface area contributed by atoms with Crippen molar-refractivity contribution in [2.24, 2.45) is 0 Å². The highest BCUT2D eigenvalue weighted by Crippen LogP contribution is 2.18. The Morgan fingerprint density at radius 2 is 1.96 bits per heavy atom. The lowest BCUT2D eigenvalue weighted by Gasteiger charge is -2.35. The summed E-state index contributed by atoms with van der Waals surface area (Å²) in [4.78, 5) is 20.4. The second-order valence-corrected chi connectivity index (χ2v) is 5.98. The van der Waals surface area contributed by atoms with E-state index in [1.807, 2.05) is 4.90 Å². The van der Waals surface area contributed by atoms with Crippen LogP contribution in [0, 0.1) is 0 Å². The minimum absolute atomic E-state index is 0.0401. The van der Waals surface area contributed by atoms with Crippen LogP contribution < -0.4 is 15.4 Å². The van der Waals surface area contributed by atoms with Crippen LogP contribution >= 0.6 is 11.6 Å². The molecule has 0 saturated carbocycles. The summed E-state index contributed by atoms with van der Waals surface area (Å²) in [7, 11) is 0. The molecular weight excluding hydrogens is 332 g/mol. The summed E-state index contributed by atoms with van der Waals surface area (Å²) < 4.78 is 5.69. The van der Waals surface area contributed by atoms with Gasteiger partial charge >= 0.3 is 0 Å². The van der Waals surface area contributed by atoms with Gasteiger partial charge in [0, 0.05) is 31.2 Å². The van der Waals surface area contributed by atoms with E-state index < -0.39 is 6.10 Å². The zero-order chi connectivity index (χ0) is 17.1. The van der Waals surface area contributed by atoms with Crippen molar-refractivity contribution in [1.29, 1.82) is 0 Å². The number of hydrogen-bond donors (Lipinski definition) is 2. The highest BCUT2D eigenvalue weighted by molar-refractivity contribution is 6.30. The Morgan fingerprint density at radius 1 is 1.29 bits per heavy atom. The van der Waals surface area contributed by atoms with Crippen LogP contribution in [0.2, 0.25) is 5.02 Å². The van der Waals surface area contributed by atoms with E-state index in [2.05, 4.69) is 15.2 Å². The molecule has 2 heterocycles. The molecule has 0 radical (unpaired) electrons. The number of piperazine rings is 1. The fourth-order valence-corrected chi connectivity index (χ4v) is 2.70. The van der Waals surface area contributed by atoms with Crippen LogP contribution in [0.25, 0.3) is 0 Å². The van der Waals surface area contributed by atoms with Gasteiger partial charge in [0.05, 0.1) is 0 Å². The Labute approximate surface area is 144 Å². The van der Waals surface area contributed by atoms with Crippen LogP contribution in [-0.2, 0) is 4.79 Å². The van der Waals surface area contributed by atoms with E-state index in [0.717, 1.165) is 0 Å². The zero-order valence-electron chi connectivity index (χ0n) is 13.3. The molecule has 2 aromatic rings. The number of carbonyl (C=O) groups excluding carboxylic acids is 1. The first kappa shape index (κ1) is 16.4. The molecule has 128 valence electrons. The molecule has 3 N–H and O–H groups in total. The Morgan fingerprint density at radius 3 is 2.54 bits per heavy atom. The van der Waals surface area contributed by atoms with Crippen LogP contribution in [-0.4, -0.2) is 58.3 Å². The normalized spacial score (nSPS) is 16.1. The highest BCUT2D eigenvalue weighted by Gasteiger charge is 2.27. The maximum atomic E-state index is 12.5. The van der Waals surface area contributed by atoms with E-state index in [-0.39, 0.29) is 11.9 Å². The number of nitrogens with zero attached hydrogens (tertiary/aromatic N) is 4. The lowest BCUT2D eigenvalue weighted by Crippen LogP contribution is -2.52. The third-order valence-electron chi connectivity index (χ3n) is 3.86. The molecular formula is C15H19ClN6O2. The lowest BCUT2D eigenvalue weighted by molar-refractivity contribution is -0.138. The van der Waals surface area contributed by atoms with Crippen molar-refractivity contribution in [1.82, 2.24) is 20.1 Å². The van der Waals surface area contributed by atoms with E-state index in [9.17, 15) is 4.79 Å². The smallest absolute Gasteiger partial charge is 0.263 e. The Balaban J connectivity index is 1.53. The van der Waals surface area contributed by atoms with Gasteiger partial charge in [-0.3, -0.25) is 4.79 Å². The number of nitrogens with two attached hydrogens (primary N) is 1. The molecule has 1 atom stereocenters. The summed E-state index contributed by atoms with van der Waals surface area (Å²) in [5.74, 6) is 1.43. The monoisotopic (exact) mass is 350 g/mol. The summed E-state index contributed by atoms with van der Waals surface area (Å²) in [6, 6.07) is 6.96. The van der Waals surface area contributed by atoms with Gasteiger partial charge < -0.3 is 20.3 Å². The van der Waals surface area contributed by atoms with Gasteiger partial charge in [0.1, 0.15) is 5.75 Å². The number of amides is 1. The van der Waals surface area contributed by atoms with Crippen molar-refractivity contribution < 1.29 is 9.53 Å². The van der Waals surface area contributed by atoms with Crippen LogP contribution in [0.5, 0.6) is 5.75 Å². The first-order valence-electron chi connectivity index (χ1n) is 7.67. The van der Waals surface area contributed by atoms with Gasteiger partial charge in [-0.2, -0.15) is 4.98 Å². The molecule has 8 nitrogen and oxygen atoms in total. The minimum Gasteiger partial charge on any atom is -0.481 e. The van der Waals surface area contributed by atoms with Gasteiger partial charge in [-0.05, 0) is 31.2 Å². The van der Waals surface area contributed by atoms with E-state index in [1.54, 1.807) is 36.1 Å². The number of nitrogens with one attached hydrogen (secondary N) is 1. The Hall–Kier alpha value is -2.48. The number of ether oxygens (including phenoxy) is 1. The van der Waals surface area contributed by atoms with E-state index in [4.69, 9.17) is 22.1 Å². The fourth-order valence-electron chi connectivity index (χ4n) is 2.57. The number of benzene rings is 1. The summed E-state index contributed by atoms with van der Waals surface area (Å²) >= 11 is 5.84. The van der Waals surface area contributed by atoms with Crippen molar-refractivity contribution in [3.63, 3.8) is 0 Å². The third kappa shape index (κ3) is 3.70. The molecule has 0 spiro atoms. The van der Waals surface area contributed by atoms with E-state index >= 15 is 0 Å². The van der Waals surface area contributed by atoms with Crippen LogP contribution in [0.1, 0.15) is 6.92 Å². The maximum absolute atomic E-state index is 12.5. The molecule has 24 heavy (non-hydrogen) atoms. The van der Waals surface area contributed by atoms with E-state index in [0.29, 0.717) is 42.9 Å². The predicted octanol–water partition coefficient (Wildman–Crippen LogP) is 1.16. The maximum Gasteiger partial charge on any atom is 0.263 e. The standard InChI is InChI=1S/C15H19ClN6O2/c1-10(24-12-4-2-11(16)3-5-12)13(23)21-6-8-22(9-7-21)15-18-14(17)19-20-15/h2-5,10H,6-9H2,1H3,(H3,17,18,19,20)/t10-/m1/s1. The predicted molar refractivity (Wildman–Crippen MR) is 91.1 cm³/mol. The molecule has 0 unspecified atom stereocenters. The number of hydrogen-bond acceptors (Lipinski definition) is 6. The van der Waals surface area contributed by atoms with Crippen molar-refractivity contribution >= 4 is 29.4 Å². The summed E-state index contributed by atoms with van der Waals surface area (Å²) in [6.07, 6.45) is -0.557. The van der Waals surface area contributed by atoms with Gasteiger partial charge in [-0.25, -0.2) is 5.10 Å². The summed E-state index contributed by atoms with van der Waals surface area (Å²) in [5.41, 5.74) is 5.51. The number of aromatic amines is 1. The average Bonchev–Trinajstić information content (AvgIpc) is 3.03. The van der Waals surface area contributed by atoms with Crippen molar-refractivity contribution in [2.45, 2.75) is 13.0 Å². The molecule has 1 aliphatic heterocycles. The van der Waals surface area contributed by atoms with Gasteiger partial charge in [0.25, 0.3) is 5.91 Å². The quantitative estimate of drug-likeness (QED) is 0.858. The first-order chi connectivity index (χ1) is 11.5. The Bertz CT molecular complexity index is 696. The topological polar surface area (TPSA) is 100 Å². The van der Waals surface area contributed by atoms with Gasteiger partial charge in [0.15, 0.2) is 6.10 Å². The second-order valence-electron chi connectivity index (χ2n) is 5.54. The van der Waals surface area contributed by atoms with Crippen molar-refractivity contribution in [3.05, 3.63) is 29.3 Å². The molecule has 1 aliphatic rings. The van der Waals surface area contributed by atoms with Crippen molar-refractivity contribution in [2.75, 3.05) is 36.8 Å². The zero-order valence-corrected chi connectivity index (χ0v) is 14.0. The molecule has 0 bridgehead atoms. The third-order valence-corrected chi connectivity index (χ3v) is 4.11. The molecule has 3 rings (SSSR count). The van der Waals surface area contributed by atoms with Gasteiger partial charge in [0.2, 0.25) is 11.9 Å². The number of halogens is 1. The number of carbonyl (C=O) groups is 1. The molecule has 0 aliphatic carbocycles. The Kier molecular flexibility index (Phi) is 4.75. The lowest BCUT2D eigenvalue weighted by atomic mass is 10.2. The van der Waals surface area contributed by atoms with Crippen LogP contribution in [0.4, 0.5) is 11.9 Å². The van der Waals surface area contributed by atoms with Gasteiger partial charge in [-0.15, -0.1) is 5.10 Å². The largest absolute Gasteiger partial charge is 0.481 e. The number of anilines is 2. The highest BCUT2D eigenvalue weighted by atomic mass is 35.5. The fraction of sp³-hybridized carbons (Fsp3) is 0.400. The number of H-pyrrole nitrogens is 1. The molecule has 1 saturated heterocycles. The molecule has 9 heteroatoms. The number of rotatable bonds is 4.